The van der Waals surface area contributed by atoms with Gasteiger partial charge in [-0.1, -0.05) is 61.8 Å². The third-order valence-corrected chi connectivity index (χ3v) is 4.01. The Hall–Kier alpha value is -0.570. The first-order valence-corrected chi connectivity index (χ1v) is 9.51. The molecule has 142 valence electrons. The van der Waals surface area contributed by atoms with Gasteiger partial charge in [0.1, 0.15) is 0 Å². The van der Waals surface area contributed by atoms with Gasteiger partial charge < -0.3 is 9.64 Å². The van der Waals surface area contributed by atoms with Crippen LogP contribution in [0.3, 0.4) is 0 Å². The highest BCUT2D eigenvalue weighted by Gasteiger charge is 2.22. The average molecular weight is 332 g/mol. The molecule has 0 N–H and O–H groups in total. The summed E-state index contributed by atoms with van der Waals surface area (Å²) in [6, 6.07) is 0. The Balaban J connectivity index is -0.000000919. The van der Waals surface area contributed by atoms with Crippen LogP contribution >= 0.6 is 0 Å². The van der Waals surface area contributed by atoms with Crippen LogP contribution in [0.5, 0.6) is 0 Å². The molecule has 0 atom stereocenters. The molecule has 0 heterocycles. The first-order valence-electron chi connectivity index (χ1n) is 9.51. The van der Waals surface area contributed by atoms with Crippen LogP contribution in [0.2, 0.25) is 0 Å². The normalized spacial score (nSPS) is 10.9. The highest BCUT2D eigenvalue weighted by atomic mass is 16.5. The summed E-state index contributed by atoms with van der Waals surface area (Å²) in [6.45, 7) is 22.4. The van der Waals surface area contributed by atoms with Crippen LogP contribution in [0.1, 0.15) is 94.9 Å². The zero-order chi connectivity index (χ0) is 19.1. The van der Waals surface area contributed by atoms with Crippen LogP contribution < -0.4 is 0 Å². The van der Waals surface area contributed by atoms with E-state index in [1.165, 1.54) is 6.42 Å². The van der Waals surface area contributed by atoms with Gasteiger partial charge in [-0.05, 0) is 32.1 Å². The fourth-order valence-electron chi connectivity index (χ4n) is 1.68. The zero-order valence-electron chi connectivity index (χ0n) is 18.0. The van der Waals surface area contributed by atoms with E-state index in [1.54, 1.807) is 4.90 Å². The van der Waals surface area contributed by atoms with Gasteiger partial charge >= 0.3 is 0 Å². The monoisotopic (exact) mass is 331 g/mol. The molecular formula is C20H45NO2. The largest absolute Gasteiger partial charge is 0.375 e. The molecule has 0 spiro atoms. The summed E-state index contributed by atoms with van der Waals surface area (Å²) < 4.78 is 5.99. The number of hydrogen-bond donors (Lipinski definition) is 0. The zero-order valence-corrected chi connectivity index (χ0v) is 18.0. The van der Waals surface area contributed by atoms with Crippen molar-refractivity contribution in [3.05, 3.63) is 0 Å². The molecule has 0 aliphatic rings. The van der Waals surface area contributed by atoms with Crippen molar-refractivity contribution in [2.45, 2.75) is 101 Å². The Kier molecular flexibility index (Phi) is 17.8. The Morgan fingerprint density at radius 3 is 1.83 bits per heavy atom. The van der Waals surface area contributed by atoms with Crippen LogP contribution in [-0.4, -0.2) is 36.6 Å². The van der Waals surface area contributed by atoms with Crippen LogP contribution in [0, 0.1) is 5.41 Å². The SMILES string of the molecule is CC.CC.CCC(=O)N(C)CCC(C)(C)OCCC(C)(C)CC. The van der Waals surface area contributed by atoms with E-state index < -0.39 is 0 Å². The second-order valence-electron chi connectivity index (χ2n) is 6.79. The number of nitrogens with zero attached hydrogens (tertiary/aromatic N) is 1. The lowest BCUT2D eigenvalue weighted by Crippen LogP contribution is -2.34. The number of carbonyl (C=O) groups excluding carboxylic acids is 1. The van der Waals surface area contributed by atoms with E-state index in [2.05, 4.69) is 34.6 Å². The van der Waals surface area contributed by atoms with Crippen LogP contribution in [-0.2, 0) is 9.53 Å². The van der Waals surface area contributed by atoms with Crippen molar-refractivity contribution in [1.82, 2.24) is 4.90 Å². The topological polar surface area (TPSA) is 29.5 Å². The molecule has 3 nitrogen and oxygen atoms in total. The van der Waals surface area contributed by atoms with E-state index in [0.717, 1.165) is 26.0 Å². The first-order chi connectivity index (χ1) is 10.6. The van der Waals surface area contributed by atoms with Crippen molar-refractivity contribution in [1.29, 1.82) is 0 Å². The molecule has 0 aliphatic carbocycles. The molecule has 0 rings (SSSR count). The molecule has 0 saturated heterocycles. The van der Waals surface area contributed by atoms with E-state index in [-0.39, 0.29) is 11.5 Å². The smallest absolute Gasteiger partial charge is 0.222 e. The quantitative estimate of drug-likeness (QED) is 0.525. The molecule has 0 unspecified atom stereocenters. The van der Waals surface area contributed by atoms with Crippen molar-refractivity contribution in [2.24, 2.45) is 5.41 Å². The molecule has 23 heavy (non-hydrogen) atoms. The molecule has 0 aromatic carbocycles. The lowest BCUT2D eigenvalue weighted by molar-refractivity contribution is -0.130. The van der Waals surface area contributed by atoms with Crippen LogP contribution in [0.15, 0.2) is 0 Å². The highest BCUT2D eigenvalue weighted by Crippen LogP contribution is 2.26. The van der Waals surface area contributed by atoms with Gasteiger partial charge in [-0.25, -0.2) is 0 Å². The molecule has 0 saturated carbocycles. The molecule has 0 aliphatic heterocycles. The Bertz CT molecular complexity index is 273. The highest BCUT2D eigenvalue weighted by molar-refractivity contribution is 5.75. The lowest BCUT2D eigenvalue weighted by Gasteiger charge is -2.30. The fraction of sp³-hybridized carbons (Fsp3) is 0.950. The standard InChI is InChI=1S/C16H33NO2.2C2H6/c1-8-14(18)17(7)12-10-16(5,6)19-13-11-15(3,4)9-2;2*1-2/h8-13H2,1-7H3;2*1-2H3. The van der Waals surface area contributed by atoms with Crippen molar-refractivity contribution in [2.75, 3.05) is 20.2 Å². The van der Waals surface area contributed by atoms with E-state index in [9.17, 15) is 4.79 Å². The van der Waals surface area contributed by atoms with Gasteiger partial charge in [0, 0.05) is 26.6 Å². The maximum atomic E-state index is 11.5. The summed E-state index contributed by atoms with van der Waals surface area (Å²) >= 11 is 0. The third kappa shape index (κ3) is 16.1. The summed E-state index contributed by atoms with van der Waals surface area (Å²) in [5, 5.41) is 0. The van der Waals surface area contributed by atoms with Gasteiger partial charge in [0.2, 0.25) is 5.91 Å². The number of rotatable bonds is 9. The summed E-state index contributed by atoms with van der Waals surface area (Å²) in [4.78, 5) is 13.3. The Morgan fingerprint density at radius 2 is 1.43 bits per heavy atom. The number of amides is 1. The minimum absolute atomic E-state index is 0.161. The van der Waals surface area contributed by atoms with Crippen molar-refractivity contribution in [3.8, 4) is 0 Å². The minimum atomic E-state index is -0.161. The van der Waals surface area contributed by atoms with Gasteiger partial charge in [-0.15, -0.1) is 0 Å². The molecule has 0 bridgehead atoms. The van der Waals surface area contributed by atoms with E-state index in [0.29, 0.717) is 11.8 Å². The third-order valence-electron chi connectivity index (χ3n) is 4.01. The summed E-state index contributed by atoms with van der Waals surface area (Å²) in [5.74, 6) is 0.197. The molecule has 0 aromatic rings. The summed E-state index contributed by atoms with van der Waals surface area (Å²) in [7, 11) is 1.86. The molecule has 1 amide bonds. The minimum Gasteiger partial charge on any atom is -0.375 e. The van der Waals surface area contributed by atoms with E-state index >= 15 is 0 Å². The lowest BCUT2D eigenvalue weighted by atomic mass is 9.87. The predicted octanol–water partition coefficient (Wildman–Crippen LogP) is 5.92. The number of hydrogen-bond acceptors (Lipinski definition) is 2. The molecule has 0 radical (unpaired) electrons. The van der Waals surface area contributed by atoms with E-state index in [4.69, 9.17) is 4.74 Å². The Morgan fingerprint density at radius 1 is 0.957 bits per heavy atom. The molecule has 3 heteroatoms. The number of carbonyl (C=O) groups is 1. The molecule has 0 fully saturated rings. The van der Waals surface area contributed by atoms with E-state index in [1.807, 2.05) is 41.7 Å². The van der Waals surface area contributed by atoms with Gasteiger partial charge in [-0.2, -0.15) is 0 Å². The molecule has 0 aromatic heterocycles. The van der Waals surface area contributed by atoms with Crippen LogP contribution in [0.25, 0.3) is 0 Å². The second kappa shape index (κ2) is 15.0. The Labute approximate surface area is 147 Å². The maximum absolute atomic E-state index is 11.5. The average Bonchev–Trinajstić information content (AvgIpc) is 2.55. The van der Waals surface area contributed by atoms with Gasteiger partial charge in [0.25, 0.3) is 0 Å². The van der Waals surface area contributed by atoms with Crippen molar-refractivity contribution < 1.29 is 9.53 Å². The van der Waals surface area contributed by atoms with Gasteiger partial charge in [-0.3, -0.25) is 4.79 Å². The summed E-state index contributed by atoms with van der Waals surface area (Å²) in [5.41, 5.74) is 0.192. The van der Waals surface area contributed by atoms with Gasteiger partial charge in [0.05, 0.1) is 5.60 Å². The maximum Gasteiger partial charge on any atom is 0.222 e. The van der Waals surface area contributed by atoms with Gasteiger partial charge in [0.15, 0.2) is 0 Å². The summed E-state index contributed by atoms with van der Waals surface area (Å²) in [6.07, 6.45) is 3.70. The first kappa shape index (κ1) is 27.3. The molecular weight excluding hydrogens is 286 g/mol. The van der Waals surface area contributed by atoms with Crippen LogP contribution in [0.4, 0.5) is 0 Å². The second-order valence-corrected chi connectivity index (χ2v) is 6.79. The predicted molar refractivity (Wildman–Crippen MR) is 104 cm³/mol. The van der Waals surface area contributed by atoms with Crippen molar-refractivity contribution in [3.63, 3.8) is 0 Å². The van der Waals surface area contributed by atoms with Crippen molar-refractivity contribution >= 4 is 5.91 Å². The number of ether oxygens (including phenoxy) is 1. The fourth-order valence-corrected chi connectivity index (χ4v) is 1.68.